The van der Waals surface area contributed by atoms with Crippen LogP contribution >= 0.6 is 15.9 Å². The van der Waals surface area contributed by atoms with E-state index in [-0.39, 0.29) is 11.9 Å². The van der Waals surface area contributed by atoms with Crippen molar-refractivity contribution >= 4 is 21.7 Å². The number of carbonyl (C=O) groups is 1. The molecule has 0 aliphatic carbocycles. The molecule has 0 N–H and O–H groups in total. The molecule has 2 nitrogen and oxygen atoms in total. The molecule has 2 unspecified atom stereocenters. The Morgan fingerprint density at radius 3 is 2.45 bits per heavy atom. The first-order valence-electron chi connectivity index (χ1n) is 7.49. The van der Waals surface area contributed by atoms with Crippen molar-refractivity contribution in [3.63, 3.8) is 0 Å². The first kappa shape index (κ1) is 17.4. The fourth-order valence-corrected chi connectivity index (χ4v) is 2.37. The first-order valence-corrected chi connectivity index (χ1v) is 8.29. The van der Waals surface area contributed by atoms with Gasteiger partial charge in [0.05, 0.1) is 6.61 Å². The van der Waals surface area contributed by atoms with Gasteiger partial charge in [-0.05, 0) is 31.4 Å². The zero-order valence-electron chi connectivity index (χ0n) is 12.7. The van der Waals surface area contributed by atoms with Gasteiger partial charge in [0.25, 0.3) is 0 Å². The number of unbranched alkanes of at least 4 members (excludes halogenated alkanes) is 1. The van der Waals surface area contributed by atoms with Crippen molar-refractivity contribution in [3.05, 3.63) is 34.3 Å². The highest BCUT2D eigenvalue weighted by Crippen LogP contribution is 2.16. The fraction of sp³-hybridized carbons (Fsp3) is 0.588. The van der Waals surface area contributed by atoms with Crippen molar-refractivity contribution in [2.45, 2.75) is 52.6 Å². The van der Waals surface area contributed by atoms with Gasteiger partial charge < -0.3 is 4.74 Å². The normalized spacial score (nSPS) is 14.0. The van der Waals surface area contributed by atoms with Gasteiger partial charge in [0.15, 0.2) is 5.78 Å². The van der Waals surface area contributed by atoms with Crippen LogP contribution in [0.3, 0.4) is 0 Å². The first-order chi connectivity index (χ1) is 9.58. The number of carbonyl (C=O) groups excluding carboxylic acids is 1. The quantitative estimate of drug-likeness (QED) is 0.573. The predicted octanol–water partition coefficient (Wildman–Crippen LogP) is 5.25. The van der Waals surface area contributed by atoms with E-state index in [4.69, 9.17) is 4.74 Å². The molecule has 0 bridgehead atoms. The van der Waals surface area contributed by atoms with Crippen molar-refractivity contribution in [2.24, 2.45) is 5.92 Å². The third kappa shape index (κ3) is 5.76. The number of hydrogen-bond donors (Lipinski definition) is 0. The second kappa shape index (κ2) is 9.30. The number of ether oxygens (including phenoxy) is 1. The number of rotatable bonds is 9. The standard InChI is InChI=1S/C17H25BrO2/c1-4-6-7-14(5-2)12-20-13(3)17(19)15-8-10-16(18)11-9-15/h8-11,13-14H,4-7,12H2,1-3H3. The lowest BCUT2D eigenvalue weighted by molar-refractivity contribution is 0.0321. The summed E-state index contributed by atoms with van der Waals surface area (Å²) in [6.45, 7) is 6.91. The molecule has 1 rings (SSSR count). The van der Waals surface area contributed by atoms with Crippen LogP contribution in [0.2, 0.25) is 0 Å². The van der Waals surface area contributed by atoms with Crippen LogP contribution in [-0.2, 0) is 4.74 Å². The summed E-state index contributed by atoms with van der Waals surface area (Å²) in [5, 5.41) is 0. The molecule has 0 heterocycles. The minimum absolute atomic E-state index is 0.0582. The van der Waals surface area contributed by atoms with Crippen LogP contribution in [0.5, 0.6) is 0 Å². The number of hydrogen-bond acceptors (Lipinski definition) is 2. The predicted molar refractivity (Wildman–Crippen MR) is 87.2 cm³/mol. The van der Waals surface area contributed by atoms with Crippen LogP contribution in [0.15, 0.2) is 28.7 Å². The summed E-state index contributed by atoms with van der Waals surface area (Å²) in [6.07, 6.45) is 4.37. The Morgan fingerprint density at radius 1 is 1.25 bits per heavy atom. The van der Waals surface area contributed by atoms with Crippen molar-refractivity contribution in [2.75, 3.05) is 6.61 Å². The van der Waals surface area contributed by atoms with E-state index in [1.165, 1.54) is 19.3 Å². The van der Waals surface area contributed by atoms with E-state index in [2.05, 4.69) is 29.8 Å². The number of halogens is 1. The Bertz CT molecular complexity index is 400. The van der Waals surface area contributed by atoms with E-state index in [1.54, 1.807) is 0 Å². The van der Waals surface area contributed by atoms with Crippen LogP contribution < -0.4 is 0 Å². The Balaban J connectivity index is 2.46. The second-order valence-corrected chi connectivity index (χ2v) is 6.18. The summed E-state index contributed by atoms with van der Waals surface area (Å²) < 4.78 is 6.76. The lowest BCUT2D eigenvalue weighted by Crippen LogP contribution is -2.24. The van der Waals surface area contributed by atoms with Gasteiger partial charge in [-0.25, -0.2) is 0 Å². The maximum Gasteiger partial charge on any atom is 0.191 e. The van der Waals surface area contributed by atoms with Crippen molar-refractivity contribution < 1.29 is 9.53 Å². The molecule has 0 fully saturated rings. The van der Waals surface area contributed by atoms with Crippen molar-refractivity contribution in [1.82, 2.24) is 0 Å². The average molecular weight is 341 g/mol. The van der Waals surface area contributed by atoms with Gasteiger partial charge in [-0.15, -0.1) is 0 Å². The maximum atomic E-state index is 12.2. The monoisotopic (exact) mass is 340 g/mol. The molecule has 112 valence electrons. The third-order valence-electron chi connectivity index (χ3n) is 3.62. The highest BCUT2D eigenvalue weighted by Gasteiger charge is 2.17. The summed E-state index contributed by atoms with van der Waals surface area (Å²) in [5.74, 6) is 0.623. The Hall–Kier alpha value is -0.670. The minimum atomic E-state index is -0.369. The molecule has 0 saturated heterocycles. The summed E-state index contributed by atoms with van der Waals surface area (Å²) in [6, 6.07) is 7.44. The number of Topliss-reactive ketones (excluding diaryl/α,β-unsaturated/α-hetero) is 1. The van der Waals surface area contributed by atoms with E-state index < -0.39 is 0 Å². The van der Waals surface area contributed by atoms with E-state index in [1.807, 2.05) is 31.2 Å². The average Bonchev–Trinajstić information content (AvgIpc) is 2.47. The number of benzene rings is 1. The van der Waals surface area contributed by atoms with E-state index in [0.717, 1.165) is 10.9 Å². The molecule has 0 radical (unpaired) electrons. The molecule has 1 aromatic carbocycles. The third-order valence-corrected chi connectivity index (χ3v) is 4.15. The molecule has 3 heteroatoms. The maximum absolute atomic E-state index is 12.2. The zero-order chi connectivity index (χ0) is 15.0. The van der Waals surface area contributed by atoms with Crippen LogP contribution in [0.25, 0.3) is 0 Å². The molecule has 0 aromatic heterocycles. The zero-order valence-corrected chi connectivity index (χ0v) is 14.3. The lowest BCUT2D eigenvalue weighted by Gasteiger charge is -2.18. The Kier molecular flexibility index (Phi) is 8.08. The molecule has 1 aromatic rings. The molecule has 20 heavy (non-hydrogen) atoms. The number of ketones is 1. The van der Waals surface area contributed by atoms with Gasteiger partial charge >= 0.3 is 0 Å². The fourth-order valence-electron chi connectivity index (χ4n) is 2.10. The van der Waals surface area contributed by atoms with Crippen LogP contribution in [0.1, 0.15) is 56.8 Å². The largest absolute Gasteiger partial charge is 0.370 e. The topological polar surface area (TPSA) is 26.3 Å². The molecule has 0 aliphatic heterocycles. The molecule has 0 saturated carbocycles. The molecule has 0 aliphatic rings. The highest BCUT2D eigenvalue weighted by molar-refractivity contribution is 9.10. The van der Waals surface area contributed by atoms with Gasteiger partial charge in [-0.2, -0.15) is 0 Å². The van der Waals surface area contributed by atoms with Crippen LogP contribution in [0, 0.1) is 5.92 Å². The minimum Gasteiger partial charge on any atom is -0.370 e. The van der Waals surface area contributed by atoms with Crippen molar-refractivity contribution in [1.29, 1.82) is 0 Å². The van der Waals surface area contributed by atoms with E-state index >= 15 is 0 Å². The molecular formula is C17H25BrO2. The Labute approximate surface area is 131 Å². The molecule has 2 atom stereocenters. The molecule has 0 spiro atoms. The van der Waals surface area contributed by atoms with Crippen LogP contribution in [0.4, 0.5) is 0 Å². The Morgan fingerprint density at radius 2 is 1.90 bits per heavy atom. The van der Waals surface area contributed by atoms with Gasteiger partial charge in [0.1, 0.15) is 6.10 Å². The van der Waals surface area contributed by atoms with Gasteiger partial charge in [-0.1, -0.05) is 61.2 Å². The summed E-state index contributed by atoms with van der Waals surface area (Å²) >= 11 is 3.37. The summed E-state index contributed by atoms with van der Waals surface area (Å²) in [5.41, 5.74) is 0.710. The highest BCUT2D eigenvalue weighted by atomic mass is 79.9. The smallest absolute Gasteiger partial charge is 0.191 e. The van der Waals surface area contributed by atoms with E-state index in [9.17, 15) is 4.79 Å². The van der Waals surface area contributed by atoms with Crippen LogP contribution in [-0.4, -0.2) is 18.5 Å². The lowest BCUT2D eigenvalue weighted by atomic mass is 10.0. The van der Waals surface area contributed by atoms with Gasteiger partial charge in [-0.3, -0.25) is 4.79 Å². The second-order valence-electron chi connectivity index (χ2n) is 5.26. The van der Waals surface area contributed by atoms with E-state index in [0.29, 0.717) is 18.1 Å². The van der Waals surface area contributed by atoms with Gasteiger partial charge in [0, 0.05) is 10.0 Å². The van der Waals surface area contributed by atoms with Gasteiger partial charge in [0.2, 0.25) is 0 Å². The summed E-state index contributed by atoms with van der Waals surface area (Å²) in [4.78, 5) is 12.2. The SMILES string of the molecule is CCCCC(CC)COC(C)C(=O)c1ccc(Br)cc1. The molecule has 0 amide bonds. The van der Waals surface area contributed by atoms with Crippen molar-refractivity contribution in [3.8, 4) is 0 Å². The molecular weight excluding hydrogens is 316 g/mol. The summed E-state index contributed by atoms with van der Waals surface area (Å²) in [7, 11) is 0.